The van der Waals surface area contributed by atoms with E-state index in [1.165, 1.54) is 5.56 Å². The van der Waals surface area contributed by atoms with Crippen LogP contribution >= 0.6 is 0 Å². The number of likely N-dealkylation sites (tertiary alicyclic amines) is 1. The Labute approximate surface area is 163 Å². The monoisotopic (exact) mass is 365 g/mol. The van der Waals surface area contributed by atoms with E-state index in [9.17, 15) is 4.79 Å². The summed E-state index contributed by atoms with van der Waals surface area (Å²) in [5.41, 5.74) is 8.79. The predicted molar refractivity (Wildman–Crippen MR) is 110 cm³/mol. The Balaban J connectivity index is 1.66. The van der Waals surface area contributed by atoms with Crippen molar-refractivity contribution in [2.24, 2.45) is 17.6 Å². The van der Waals surface area contributed by atoms with E-state index in [-0.39, 0.29) is 11.9 Å². The highest BCUT2D eigenvalue weighted by Gasteiger charge is 2.36. The molecular weight excluding hydrogens is 334 g/mol. The second-order valence-corrected chi connectivity index (χ2v) is 7.94. The number of hydrogen-bond acceptors (Lipinski definition) is 3. The number of amides is 1. The third-order valence-electron chi connectivity index (χ3n) is 5.71. The normalized spacial score (nSPS) is 23.2. The number of carbonyl (C=O) groups excluding carboxylic acids is 1. The van der Waals surface area contributed by atoms with Gasteiger partial charge in [0.25, 0.3) is 5.91 Å². The van der Waals surface area contributed by atoms with Gasteiger partial charge in [-0.05, 0) is 35.1 Å². The molecular formula is C23H31N3O. The van der Waals surface area contributed by atoms with Crippen LogP contribution in [0.25, 0.3) is 0 Å². The van der Waals surface area contributed by atoms with E-state index in [0.717, 1.165) is 30.8 Å². The first kappa shape index (κ1) is 19.6. The first-order chi connectivity index (χ1) is 13.0. The average molecular weight is 366 g/mol. The quantitative estimate of drug-likeness (QED) is 0.884. The predicted octanol–water partition coefficient (Wildman–Crippen LogP) is 3.37. The third-order valence-corrected chi connectivity index (χ3v) is 5.71. The number of benzene rings is 2. The minimum atomic E-state index is 0.0961. The minimum Gasteiger partial charge on any atom is -0.338 e. The molecule has 4 nitrogen and oxygen atoms in total. The molecule has 2 atom stereocenters. The Morgan fingerprint density at radius 2 is 1.59 bits per heavy atom. The highest BCUT2D eigenvalue weighted by Crippen LogP contribution is 2.28. The second kappa shape index (κ2) is 8.68. The number of nitrogens with zero attached hydrogens (tertiary/aromatic N) is 2. The van der Waals surface area contributed by atoms with Gasteiger partial charge >= 0.3 is 0 Å². The lowest BCUT2D eigenvalue weighted by Crippen LogP contribution is -2.55. The van der Waals surface area contributed by atoms with Crippen LogP contribution in [0.2, 0.25) is 0 Å². The number of nitrogens with two attached hydrogens (primary N) is 1. The van der Waals surface area contributed by atoms with E-state index >= 15 is 0 Å². The maximum absolute atomic E-state index is 13.0. The van der Waals surface area contributed by atoms with E-state index in [1.807, 2.05) is 36.2 Å². The van der Waals surface area contributed by atoms with E-state index in [1.54, 1.807) is 0 Å². The van der Waals surface area contributed by atoms with Crippen LogP contribution in [0, 0.1) is 11.8 Å². The topological polar surface area (TPSA) is 49.6 Å². The summed E-state index contributed by atoms with van der Waals surface area (Å²) in [6.45, 7) is 8.01. The van der Waals surface area contributed by atoms with Gasteiger partial charge in [0.15, 0.2) is 0 Å². The Bertz CT molecular complexity index is 732. The van der Waals surface area contributed by atoms with Gasteiger partial charge in [0.2, 0.25) is 0 Å². The molecule has 1 heterocycles. The van der Waals surface area contributed by atoms with E-state index in [2.05, 4.69) is 49.1 Å². The lowest BCUT2D eigenvalue weighted by molar-refractivity contribution is 0.0271. The molecule has 1 amide bonds. The molecule has 1 saturated heterocycles. The number of piperidine rings is 1. The molecule has 0 bridgehead atoms. The summed E-state index contributed by atoms with van der Waals surface area (Å²) in [5, 5.41) is 0. The fourth-order valence-corrected chi connectivity index (χ4v) is 4.52. The molecule has 1 aliphatic heterocycles. The van der Waals surface area contributed by atoms with Crippen LogP contribution in [0.1, 0.15) is 35.3 Å². The summed E-state index contributed by atoms with van der Waals surface area (Å²) in [6, 6.07) is 18.5. The van der Waals surface area contributed by atoms with E-state index in [0.29, 0.717) is 18.4 Å². The molecule has 0 aliphatic carbocycles. The Hall–Kier alpha value is -2.17. The lowest BCUT2D eigenvalue weighted by atomic mass is 9.84. The number of hydrogen-bond donors (Lipinski definition) is 1. The molecule has 3 rings (SSSR count). The number of carbonyl (C=O) groups is 1. The van der Waals surface area contributed by atoms with Crippen molar-refractivity contribution in [1.29, 1.82) is 0 Å². The van der Waals surface area contributed by atoms with Gasteiger partial charge < -0.3 is 10.6 Å². The highest BCUT2D eigenvalue weighted by atomic mass is 16.2. The summed E-state index contributed by atoms with van der Waals surface area (Å²) in [6.07, 6.45) is 0. The van der Waals surface area contributed by atoms with Crippen molar-refractivity contribution in [2.45, 2.75) is 33.0 Å². The molecule has 27 heavy (non-hydrogen) atoms. The average Bonchev–Trinajstić information content (AvgIpc) is 2.67. The van der Waals surface area contributed by atoms with Crippen molar-refractivity contribution in [3.05, 3.63) is 71.3 Å². The van der Waals surface area contributed by atoms with Gasteiger partial charge in [-0.15, -0.1) is 0 Å². The van der Waals surface area contributed by atoms with Crippen LogP contribution in [-0.2, 0) is 13.1 Å². The van der Waals surface area contributed by atoms with Crippen LogP contribution in [0.15, 0.2) is 54.6 Å². The fraction of sp³-hybridized carbons (Fsp3) is 0.435. The van der Waals surface area contributed by atoms with Crippen molar-refractivity contribution in [1.82, 2.24) is 9.80 Å². The van der Waals surface area contributed by atoms with Crippen molar-refractivity contribution in [3.8, 4) is 0 Å². The zero-order valence-electron chi connectivity index (χ0n) is 16.6. The van der Waals surface area contributed by atoms with E-state index < -0.39 is 0 Å². The summed E-state index contributed by atoms with van der Waals surface area (Å²) >= 11 is 0. The molecule has 1 aliphatic rings. The van der Waals surface area contributed by atoms with Crippen LogP contribution < -0.4 is 5.73 Å². The Kier molecular flexibility index (Phi) is 6.30. The molecule has 2 N–H and O–H groups in total. The van der Waals surface area contributed by atoms with Crippen molar-refractivity contribution in [3.63, 3.8) is 0 Å². The third kappa shape index (κ3) is 4.57. The maximum atomic E-state index is 13.0. The van der Waals surface area contributed by atoms with E-state index in [4.69, 9.17) is 5.73 Å². The molecule has 144 valence electrons. The second-order valence-electron chi connectivity index (χ2n) is 7.94. The van der Waals surface area contributed by atoms with Crippen LogP contribution in [-0.4, -0.2) is 41.9 Å². The summed E-state index contributed by atoms with van der Waals surface area (Å²) < 4.78 is 0. The largest absolute Gasteiger partial charge is 0.338 e. The maximum Gasteiger partial charge on any atom is 0.253 e. The fourth-order valence-electron chi connectivity index (χ4n) is 4.52. The van der Waals surface area contributed by atoms with Gasteiger partial charge in [-0.1, -0.05) is 56.3 Å². The van der Waals surface area contributed by atoms with Crippen molar-refractivity contribution < 1.29 is 4.79 Å². The standard InChI is InChI=1S/C23H31N3O/c1-17-14-26(16-20-7-5-4-6-8-20)15-18(2)22(17)25(3)23(27)21-11-9-19(13-24)10-12-21/h4-12,17-18,22H,13-16,24H2,1-3H3. The van der Waals surface area contributed by atoms with Crippen LogP contribution in [0.5, 0.6) is 0 Å². The van der Waals surface area contributed by atoms with Crippen LogP contribution in [0.3, 0.4) is 0 Å². The molecule has 1 fully saturated rings. The smallest absolute Gasteiger partial charge is 0.253 e. The Morgan fingerprint density at radius 1 is 1.00 bits per heavy atom. The summed E-state index contributed by atoms with van der Waals surface area (Å²) in [5.74, 6) is 0.947. The first-order valence-electron chi connectivity index (χ1n) is 9.82. The minimum absolute atomic E-state index is 0.0961. The van der Waals surface area contributed by atoms with Crippen molar-refractivity contribution in [2.75, 3.05) is 20.1 Å². The van der Waals surface area contributed by atoms with Gasteiger partial charge in [-0.25, -0.2) is 0 Å². The summed E-state index contributed by atoms with van der Waals surface area (Å²) in [4.78, 5) is 17.4. The molecule has 2 aromatic carbocycles. The zero-order chi connectivity index (χ0) is 19.4. The number of rotatable bonds is 5. The van der Waals surface area contributed by atoms with Crippen molar-refractivity contribution >= 4 is 5.91 Å². The van der Waals surface area contributed by atoms with Gasteiger partial charge in [-0.3, -0.25) is 9.69 Å². The molecule has 0 saturated carbocycles. The molecule has 0 radical (unpaired) electrons. The van der Waals surface area contributed by atoms with Gasteiger partial charge in [0.05, 0.1) is 0 Å². The van der Waals surface area contributed by atoms with Gasteiger partial charge in [-0.2, -0.15) is 0 Å². The molecule has 4 heteroatoms. The van der Waals surface area contributed by atoms with Gasteiger partial charge in [0.1, 0.15) is 0 Å². The summed E-state index contributed by atoms with van der Waals surface area (Å²) in [7, 11) is 1.95. The Morgan fingerprint density at radius 3 is 2.15 bits per heavy atom. The molecule has 2 aromatic rings. The lowest BCUT2D eigenvalue weighted by Gasteiger charge is -2.45. The molecule has 0 spiro atoms. The SMILES string of the molecule is CC1CN(Cc2ccccc2)CC(C)C1N(C)C(=O)c1ccc(CN)cc1. The highest BCUT2D eigenvalue weighted by molar-refractivity contribution is 5.94. The first-order valence-corrected chi connectivity index (χ1v) is 9.82. The molecule has 0 aromatic heterocycles. The van der Waals surface area contributed by atoms with Gasteiger partial charge in [0, 0.05) is 44.8 Å². The zero-order valence-corrected chi connectivity index (χ0v) is 16.6. The van der Waals surface area contributed by atoms with Crippen LogP contribution in [0.4, 0.5) is 0 Å². The molecule has 2 unspecified atom stereocenters.